The first-order valence-corrected chi connectivity index (χ1v) is 8.49. The second-order valence-corrected chi connectivity index (χ2v) is 6.88. The van der Waals surface area contributed by atoms with Gasteiger partial charge in [0.2, 0.25) is 5.88 Å². The highest BCUT2D eigenvalue weighted by Gasteiger charge is 2.23. The Morgan fingerprint density at radius 3 is 2.50 bits per heavy atom. The molecule has 0 saturated carbocycles. The van der Waals surface area contributed by atoms with E-state index in [1.807, 2.05) is 26.8 Å². The van der Waals surface area contributed by atoms with E-state index in [0.29, 0.717) is 24.6 Å². The lowest BCUT2D eigenvalue weighted by molar-refractivity contribution is -0.143. The number of hydrogen-bond acceptors (Lipinski definition) is 5. The van der Waals surface area contributed by atoms with Gasteiger partial charge in [-0.15, -0.1) is 0 Å². The van der Waals surface area contributed by atoms with Crippen molar-refractivity contribution in [2.75, 3.05) is 13.7 Å². The zero-order valence-corrected chi connectivity index (χ0v) is 15.5. The Hall–Kier alpha value is -1.91. The molecule has 0 aliphatic carbocycles. The van der Waals surface area contributed by atoms with Gasteiger partial charge in [0, 0.05) is 24.3 Å². The van der Waals surface area contributed by atoms with E-state index in [0.717, 1.165) is 18.4 Å². The minimum Gasteiger partial charge on any atom is -0.481 e. The first-order chi connectivity index (χ1) is 11.3. The molecular formula is C19H29NO4. The van der Waals surface area contributed by atoms with Crippen LogP contribution in [0.4, 0.5) is 0 Å². The number of Topliss-reactive ketones (excluding diaryl/α,β-unsaturated/α-hetero) is 1. The lowest BCUT2D eigenvalue weighted by atomic mass is 9.87. The van der Waals surface area contributed by atoms with Gasteiger partial charge < -0.3 is 9.47 Å². The molecule has 0 saturated heterocycles. The van der Waals surface area contributed by atoms with E-state index in [1.165, 1.54) is 0 Å². The number of ketones is 1. The van der Waals surface area contributed by atoms with Crippen molar-refractivity contribution in [3.8, 4) is 5.88 Å². The predicted octanol–water partition coefficient (Wildman–Crippen LogP) is 3.52. The lowest BCUT2D eigenvalue weighted by Crippen LogP contribution is -2.23. The second kappa shape index (κ2) is 9.40. The molecule has 0 aliphatic heterocycles. The van der Waals surface area contributed by atoms with Crippen molar-refractivity contribution in [1.29, 1.82) is 0 Å². The van der Waals surface area contributed by atoms with E-state index in [2.05, 4.69) is 11.9 Å². The fourth-order valence-corrected chi connectivity index (χ4v) is 2.06. The zero-order valence-electron chi connectivity index (χ0n) is 15.5. The fourth-order valence-electron chi connectivity index (χ4n) is 2.06. The van der Waals surface area contributed by atoms with Crippen molar-refractivity contribution in [3.05, 3.63) is 23.4 Å². The molecule has 0 bridgehead atoms. The van der Waals surface area contributed by atoms with Crippen LogP contribution in [-0.4, -0.2) is 30.5 Å². The number of aryl methyl sites for hydroxylation is 1. The van der Waals surface area contributed by atoms with E-state index < -0.39 is 5.41 Å². The van der Waals surface area contributed by atoms with Crippen LogP contribution in [0.3, 0.4) is 0 Å². The Morgan fingerprint density at radius 2 is 1.92 bits per heavy atom. The second-order valence-electron chi connectivity index (χ2n) is 6.88. The van der Waals surface area contributed by atoms with Crippen LogP contribution in [0.2, 0.25) is 0 Å². The summed E-state index contributed by atoms with van der Waals surface area (Å²) in [5, 5.41) is 0. The van der Waals surface area contributed by atoms with Gasteiger partial charge in [0.15, 0.2) is 0 Å². The number of unbranched alkanes of at least 4 members (excludes halogenated alkanes) is 1. The molecule has 0 spiro atoms. The highest BCUT2D eigenvalue weighted by atomic mass is 16.5. The van der Waals surface area contributed by atoms with E-state index in [9.17, 15) is 9.59 Å². The third-order valence-corrected chi connectivity index (χ3v) is 3.78. The number of ether oxygens (including phenoxy) is 2. The van der Waals surface area contributed by atoms with Gasteiger partial charge in [0.05, 0.1) is 19.4 Å². The van der Waals surface area contributed by atoms with Crippen molar-refractivity contribution in [2.24, 2.45) is 5.41 Å². The van der Waals surface area contributed by atoms with Crippen molar-refractivity contribution < 1.29 is 19.1 Å². The maximum Gasteiger partial charge on any atom is 0.306 e. The predicted molar refractivity (Wildman–Crippen MR) is 93.1 cm³/mol. The first-order valence-electron chi connectivity index (χ1n) is 8.49. The van der Waals surface area contributed by atoms with Crippen LogP contribution >= 0.6 is 0 Å². The van der Waals surface area contributed by atoms with Crippen LogP contribution in [0.1, 0.15) is 58.2 Å². The molecule has 1 rings (SSSR count). The third-order valence-electron chi connectivity index (χ3n) is 3.78. The fraction of sp³-hybridized carbons (Fsp3) is 0.632. The summed E-state index contributed by atoms with van der Waals surface area (Å²) in [5.74, 6) is 0.364. The number of hydrogen-bond donors (Lipinski definition) is 0. The van der Waals surface area contributed by atoms with Crippen molar-refractivity contribution in [3.63, 3.8) is 0 Å². The van der Waals surface area contributed by atoms with E-state index in [4.69, 9.17) is 9.47 Å². The number of pyridine rings is 1. The van der Waals surface area contributed by atoms with Crippen LogP contribution in [0.5, 0.6) is 5.88 Å². The van der Waals surface area contributed by atoms with Crippen LogP contribution in [0.15, 0.2) is 12.1 Å². The average molecular weight is 335 g/mol. The molecule has 134 valence electrons. The van der Waals surface area contributed by atoms with Crippen LogP contribution in [0.25, 0.3) is 0 Å². The molecule has 0 atom stereocenters. The summed E-state index contributed by atoms with van der Waals surface area (Å²) in [6.45, 7) is 8.18. The molecule has 1 aromatic rings. The van der Waals surface area contributed by atoms with Gasteiger partial charge >= 0.3 is 5.97 Å². The number of methoxy groups -OCH3 is 1. The third kappa shape index (κ3) is 6.69. The van der Waals surface area contributed by atoms with Crippen LogP contribution < -0.4 is 4.74 Å². The molecule has 0 amide bonds. The lowest BCUT2D eigenvalue weighted by Gasteiger charge is -2.17. The molecule has 5 heteroatoms. The van der Waals surface area contributed by atoms with E-state index >= 15 is 0 Å². The summed E-state index contributed by atoms with van der Waals surface area (Å²) in [7, 11) is 1.54. The van der Waals surface area contributed by atoms with Gasteiger partial charge in [-0.2, -0.15) is 0 Å². The number of aromatic nitrogens is 1. The highest BCUT2D eigenvalue weighted by molar-refractivity contribution is 5.85. The van der Waals surface area contributed by atoms with Crippen molar-refractivity contribution >= 4 is 11.8 Å². The average Bonchev–Trinajstić information content (AvgIpc) is 2.52. The van der Waals surface area contributed by atoms with E-state index in [1.54, 1.807) is 13.2 Å². The Kier molecular flexibility index (Phi) is 7.89. The molecule has 0 fully saturated rings. The van der Waals surface area contributed by atoms with Crippen LogP contribution in [0, 0.1) is 5.41 Å². The van der Waals surface area contributed by atoms with Gasteiger partial charge in [-0.1, -0.05) is 40.2 Å². The summed E-state index contributed by atoms with van der Waals surface area (Å²) >= 11 is 0. The Labute approximate surface area is 144 Å². The molecule has 0 aromatic carbocycles. The maximum atomic E-state index is 12.3. The topological polar surface area (TPSA) is 65.5 Å². The highest BCUT2D eigenvalue weighted by Crippen LogP contribution is 2.21. The first kappa shape index (κ1) is 20.1. The molecule has 1 heterocycles. The van der Waals surface area contributed by atoms with Crippen molar-refractivity contribution in [1.82, 2.24) is 4.98 Å². The van der Waals surface area contributed by atoms with Gasteiger partial charge in [0.25, 0.3) is 0 Å². The van der Waals surface area contributed by atoms with E-state index in [-0.39, 0.29) is 24.6 Å². The van der Waals surface area contributed by atoms with Gasteiger partial charge in [-0.25, -0.2) is 4.98 Å². The number of nitrogens with zero attached hydrogens (tertiary/aromatic N) is 1. The Morgan fingerprint density at radius 1 is 1.21 bits per heavy atom. The monoisotopic (exact) mass is 335 g/mol. The minimum absolute atomic E-state index is 0.107. The van der Waals surface area contributed by atoms with Gasteiger partial charge in [0.1, 0.15) is 5.78 Å². The molecule has 5 nitrogen and oxygen atoms in total. The summed E-state index contributed by atoms with van der Waals surface area (Å²) in [6, 6.07) is 3.62. The van der Waals surface area contributed by atoms with Crippen molar-refractivity contribution in [2.45, 2.75) is 59.8 Å². The Balaban J connectivity index is 2.78. The molecule has 0 unspecified atom stereocenters. The zero-order chi connectivity index (χ0) is 18.2. The minimum atomic E-state index is -0.429. The molecule has 24 heavy (non-hydrogen) atoms. The summed E-state index contributed by atoms with van der Waals surface area (Å²) in [5.41, 5.74) is 1.14. The molecule has 1 aromatic heterocycles. The molecule has 0 N–H and O–H groups in total. The smallest absolute Gasteiger partial charge is 0.306 e. The van der Waals surface area contributed by atoms with Crippen LogP contribution in [-0.2, 0) is 27.2 Å². The normalized spacial score (nSPS) is 11.2. The number of esters is 1. The molecular weight excluding hydrogens is 306 g/mol. The quantitative estimate of drug-likeness (QED) is 0.510. The summed E-state index contributed by atoms with van der Waals surface area (Å²) in [6.07, 6.45) is 2.90. The SMILES string of the molecule is CCCCOC(=O)CCc1ccc(OC)nc1CC(=O)C(C)(C)C. The molecule has 0 radical (unpaired) electrons. The van der Waals surface area contributed by atoms with Gasteiger partial charge in [-0.05, 0) is 18.4 Å². The maximum absolute atomic E-state index is 12.3. The standard InChI is InChI=1S/C19H29NO4/c1-6-7-12-24-18(22)11-9-14-8-10-17(23-5)20-15(14)13-16(21)19(2,3)4/h8,10H,6-7,9,11-13H2,1-5H3. The molecule has 0 aliphatic rings. The summed E-state index contributed by atoms with van der Waals surface area (Å²) in [4.78, 5) is 28.5. The number of carbonyl (C=O) groups excluding carboxylic acids is 2. The largest absolute Gasteiger partial charge is 0.481 e. The number of carbonyl (C=O) groups is 2. The van der Waals surface area contributed by atoms with Gasteiger partial charge in [-0.3, -0.25) is 9.59 Å². The summed E-state index contributed by atoms with van der Waals surface area (Å²) < 4.78 is 10.3. The Bertz CT molecular complexity index is 561. The number of rotatable bonds is 9.